The largest absolute Gasteiger partial charge is 0.489 e. The molecule has 0 radical (unpaired) electrons. The van der Waals surface area contributed by atoms with Crippen LogP contribution in [0.25, 0.3) is 4.85 Å². The summed E-state index contributed by atoms with van der Waals surface area (Å²) in [4.78, 5) is 40.8. The highest BCUT2D eigenvalue weighted by atomic mass is 35.5. The van der Waals surface area contributed by atoms with Crippen molar-refractivity contribution in [3.8, 4) is 17.6 Å². The molecule has 0 spiro atoms. The fraction of sp³-hybridized carbons (Fsp3) is 0.600. The molecule has 4 aliphatic rings. The molecule has 2 amide bonds. The summed E-state index contributed by atoms with van der Waals surface area (Å²) in [6.45, 7) is 26.7. The standard InChI is InChI=1S/C40H50ClN5O4/c1-38(2,3)50-37(48)45-21-17-27(18-22-45)24-44-19-15-26(16-20-44)9-10-28-11-13-30-33(43-28)25-46(34(30)47)35-39(4,5)36(40(35,6)7)49-29-12-14-32(42-8)31(41)23-29/h11-14,23,26-27,35-36H,15-22,24-25H2,1-7H3. The molecule has 1 aliphatic carbocycles. The highest BCUT2D eigenvalue weighted by Gasteiger charge is 2.67. The highest BCUT2D eigenvalue weighted by Crippen LogP contribution is 2.59. The lowest BCUT2D eigenvalue weighted by Gasteiger charge is -2.65. The Kier molecular flexibility index (Phi) is 9.89. The van der Waals surface area contributed by atoms with Gasteiger partial charge in [-0.05, 0) is 95.6 Å². The summed E-state index contributed by atoms with van der Waals surface area (Å²) in [6, 6.07) is 8.87. The van der Waals surface area contributed by atoms with Crippen LogP contribution in [0.15, 0.2) is 30.3 Å². The quantitative estimate of drug-likeness (QED) is 0.234. The normalized spacial score (nSPS) is 23.7. The molecule has 0 N–H and O–H groups in total. The SMILES string of the molecule is [C-]#[N+]c1ccc(OC2C(C)(C)C(N3Cc4nc(C#CC5CCN(CC6CCN(C(=O)OC(C)(C)C)CC6)CC5)ccc4C3=O)C2(C)C)cc1Cl. The van der Waals surface area contributed by atoms with Crippen LogP contribution in [0.2, 0.25) is 5.02 Å². The minimum atomic E-state index is -0.462. The topological polar surface area (TPSA) is 79.6 Å². The Bertz CT molecular complexity index is 1720. The molecule has 1 aromatic heterocycles. The molecular formula is C40H50ClN5O4. The summed E-state index contributed by atoms with van der Waals surface area (Å²) >= 11 is 6.28. The van der Waals surface area contributed by atoms with Crippen molar-refractivity contribution in [3.05, 3.63) is 63.7 Å². The van der Waals surface area contributed by atoms with E-state index in [4.69, 9.17) is 32.6 Å². The zero-order valence-corrected chi connectivity index (χ0v) is 31.3. The number of likely N-dealkylation sites (tertiary alicyclic amines) is 2. The molecule has 0 unspecified atom stereocenters. The van der Waals surface area contributed by atoms with Gasteiger partial charge >= 0.3 is 6.09 Å². The zero-order chi connectivity index (χ0) is 36.0. The van der Waals surface area contributed by atoms with Crippen molar-refractivity contribution < 1.29 is 19.1 Å². The maximum atomic E-state index is 13.7. The summed E-state index contributed by atoms with van der Waals surface area (Å²) in [5, 5.41) is 0.370. The van der Waals surface area contributed by atoms with Gasteiger partial charge in [-0.2, -0.15) is 0 Å². The Hall–Kier alpha value is -3.79. The minimum absolute atomic E-state index is 0.00366. The van der Waals surface area contributed by atoms with E-state index in [1.165, 1.54) is 0 Å². The Balaban J connectivity index is 1.01. The number of nitrogens with zero attached hydrogens (tertiary/aromatic N) is 5. The van der Waals surface area contributed by atoms with E-state index in [2.05, 4.69) is 49.3 Å². The molecule has 4 heterocycles. The second kappa shape index (κ2) is 13.7. The van der Waals surface area contributed by atoms with Crippen molar-refractivity contribution in [2.75, 3.05) is 32.7 Å². The van der Waals surface area contributed by atoms with Gasteiger partial charge in [0.25, 0.3) is 5.91 Å². The number of hydrogen-bond donors (Lipinski definition) is 0. The molecule has 266 valence electrons. The van der Waals surface area contributed by atoms with Gasteiger partial charge in [-0.3, -0.25) is 4.79 Å². The number of rotatable bonds is 5. The van der Waals surface area contributed by atoms with E-state index >= 15 is 0 Å². The van der Waals surface area contributed by atoms with Crippen LogP contribution in [0.4, 0.5) is 10.5 Å². The number of amides is 2. The van der Waals surface area contributed by atoms with Crippen molar-refractivity contribution in [2.45, 2.75) is 98.4 Å². The molecule has 1 saturated carbocycles. The fourth-order valence-corrected chi connectivity index (χ4v) is 9.12. The van der Waals surface area contributed by atoms with E-state index in [0.717, 1.165) is 64.1 Å². The summed E-state index contributed by atoms with van der Waals surface area (Å²) in [6.07, 6.45) is 3.74. The van der Waals surface area contributed by atoms with Crippen LogP contribution >= 0.6 is 11.6 Å². The van der Waals surface area contributed by atoms with Gasteiger partial charge in [-0.15, -0.1) is 0 Å². The highest BCUT2D eigenvalue weighted by molar-refractivity contribution is 6.33. The predicted octanol–water partition coefficient (Wildman–Crippen LogP) is 7.83. The van der Waals surface area contributed by atoms with Crippen LogP contribution in [-0.4, -0.2) is 82.2 Å². The number of carbonyl (C=O) groups excluding carboxylic acids is 2. The number of aromatic nitrogens is 1. The van der Waals surface area contributed by atoms with Gasteiger partial charge < -0.3 is 24.2 Å². The van der Waals surface area contributed by atoms with Crippen LogP contribution in [0.3, 0.4) is 0 Å². The van der Waals surface area contributed by atoms with E-state index in [-0.39, 0.29) is 35.0 Å². The van der Waals surface area contributed by atoms with Gasteiger partial charge in [0.05, 0.1) is 29.4 Å². The molecule has 10 heteroatoms. The van der Waals surface area contributed by atoms with Crippen LogP contribution in [-0.2, 0) is 11.3 Å². The lowest BCUT2D eigenvalue weighted by atomic mass is 9.49. The number of hydrogen-bond acceptors (Lipinski definition) is 6. The van der Waals surface area contributed by atoms with E-state index in [1.807, 2.05) is 42.7 Å². The van der Waals surface area contributed by atoms with Gasteiger partial charge in [0.15, 0.2) is 0 Å². The fourth-order valence-electron chi connectivity index (χ4n) is 8.91. The maximum absolute atomic E-state index is 13.7. The third-order valence-electron chi connectivity index (χ3n) is 10.9. The molecular weight excluding hydrogens is 650 g/mol. The third kappa shape index (κ3) is 7.32. The molecule has 2 aromatic rings. The Labute approximate surface area is 302 Å². The molecule has 3 fully saturated rings. The van der Waals surface area contributed by atoms with Crippen molar-refractivity contribution >= 4 is 29.3 Å². The second-order valence-corrected chi connectivity index (χ2v) is 17.1. The average Bonchev–Trinajstić information content (AvgIpc) is 3.36. The molecule has 2 saturated heterocycles. The average molecular weight is 700 g/mol. The molecule has 1 aromatic carbocycles. The molecule has 6 rings (SSSR count). The first-order valence-electron chi connectivity index (χ1n) is 17.9. The first-order chi connectivity index (χ1) is 23.6. The van der Waals surface area contributed by atoms with Crippen LogP contribution in [0.5, 0.6) is 5.75 Å². The summed E-state index contributed by atoms with van der Waals surface area (Å²) in [5.74, 6) is 8.37. The number of piperidine rings is 2. The van der Waals surface area contributed by atoms with Crippen molar-refractivity contribution in [1.82, 2.24) is 19.7 Å². The number of fused-ring (bicyclic) bond motifs is 1. The zero-order valence-electron chi connectivity index (χ0n) is 30.5. The van der Waals surface area contributed by atoms with Crippen molar-refractivity contribution in [1.29, 1.82) is 0 Å². The minimum Gasteiger partial charge on any atom is -0.489 e. The molecule has 0 atom stereocenters. The molecule has 50 heavy (non-hydrogen) atoms. The number of pyridine rings is 1. The smallest absolute Gasteiger partial charge is 0.410 e. The summed E-state index contributed by atoms with van der Waals surface area (Å²) in [5.41, 5.74) is 1.42. The van der Waals surface area contributed by atoms with Crippen molar-refractivity contribution in [3.63, 3.8) is 0 Å². The van der Waals surface area contributed by atoms with Gasteiger partial charge in [-0.1, -0.05) is 51.3 Å². The lowest BCUT2D eigenvalue weighted by Crippen LogP contribution is -2.74. The molecule has 9 nitrogen and oxygen atoms in total. The van der Waals surface area contributed by atoms with Crippen LogP contribution in [0.1, 0.15) is 95.9 Å². The Morgan fingerprint density at radius 1 is 1.04 bits per heavy atom. The van der Waals surface area contributed by atoms with Crippen LogP contribution < -0.4 is 4.74 Å². The van der Waals surface area contributed by atoms with Gasteiger partial charge in [0, 0.05) is 42.4 Å². The van der Waals surface area contributed by atoms with Gasteiger partial charge in [-0.25, -0.2) is 14.6 Å². The first kappa shape index (κ1) is 36.0. The maximum Gasteiger partial charge on any atom is 0.410 e. The van der Waals surface area contributed by atoms with Crippen molar-refractivity contribution in [2.24, 2.45) is 22.7 Å². The number of carbonyl (C=O) groups is 2. The van der Waals surface area contributed by atoms with E-state index < -0.39 is 5.60 Å². The van der Waals surface area contributed by atoms with Gasteiger partial charge in [0.2, 0.25) is 5.69 Å². The second-order valence-electron chi connectivity index (χ2n) is 16.6. The summed E-state index contributed by atoms with van der Waals surface area (Å²) < 4.78 is 12.0. The third-order valence-corrected chi connectivity index (χ3v) is 11.2. The summed E-state index contributed by atoms with van der Waals surface area (Å²) in [7, 11) is 0. The van der Waals surface area contributed by atoms with E-state index in [9.17, 15) is 9.59 Å². The first-order valence-corrected chi connectivity index (χ1v) is 18.3. The Morgan fingerprint density at radius 2 is 1.72 bits per heavy atom. The van der Waals surface area contributed by atoms with Crippen LogP contribution in [0, 0.1) is 41.1 Å². The number of benzene rings is 1. The number of halogens is 1. The molecule has 0 bridgehead atoms. The predicted molar refractivity (Wildman–Crippen MR) is 194 cm³/mol. The van der Waals surface area contributed by atoms with E-state index in [1.54, 1.807) is 18.2 Å². The van der Waals surface area contributed by atoms with E-state index in [0.29, 0.717) is 46.1 Å². The number of ether oxygens (including phenoxy) is 2. The lowest BCUT2D eigenvalue weighted by molar-refractivity contribution is -0.199. The van der Waals surface area contributed by atoms with Gasteiger partial charge in [0.1, 0.15) is 23.1 Å². The monoisotopic (exact) mass is 699 g/mol. The molecule has 3 aliphatic heterocycles. The Morgan fingerprint density at radius 3 is 2.34 bits per heavy atom.